The third-order valence-corrected chi connectivity index (χ3v) is 5.79. The zero-order chi connectivity index (χ0) is 13.7. The molecule has 1 aliphatic heterocycles. The summed E-state index contributed by atoms with van der Waals surface area (Å²) in [7, 11) is -3.35. The lowest BCUT2D eigenvalue weighted by atomic mass is 10.2. The standard InChI is InChI=1S/C13H19IN2O2S/c14-15-11-12-7-3-4-8-13(12)19(17,18)16-9-5-1-2-6-10-16/h3-4,7-8,15H,1-2,5-6,9-11H2. The van der Waals surface area contributed by atoms with E-state index < -0.39 is 10.0 Å². The van der Waals surface area contributed by atoms with Gasteiger partial charge in [-0.1, -0.05) is 31.0 Å². The molecule has 0 unspecified atom stereocenters. The number of nitrogens with one attached hydrogen (secondary N) is 1. The van der Waals surface area contributed by atoms with E-state index in [2.05, 4.69) is 3.53 Å². The van der Waals surface area contributed by atoms with Gasteiger partial charge in [0, 0.05) is 42.5 Å². The van der Waals surface area contributed by atoms with Crippen molar-refractivity contribution in [1.29, 1.82) is 0 Å². The normalized spacial score (nSPS) is 18.2. The molecule has 4 nitrogen and oxygen atoms in total. The SMILES string of the molecule is O=S(=O)(c1ccccc1CNI)N1CCCCCC1. The Morgan fingerprint density at radius 1 is 1.11 bits per heavy atom. The summed E-state index contributed by atoms with van der Waals surface area (Å²) in [6.07, 6.45) is 4.18. The van der Waals surface area contributed by atoms with Crippen molar-refractivity contribution in [2.75, 3.05) is 13.1 Å². The molecule has 1 aliphatic rings. The van der Waals surface area contributed by atoms with Crippen LogP contribution in [0.25, 0.3) is 0 Å². The molecule has 0 spiro atoms. The van der Waals surface area contributed by atoms with Crippen LogP contribution >= 0.6 is 22.9 Å². The Labute approximate surface area is 129 Å². The molecule has 0 radical (unpaired) electrons. The molecular formula is C13H19IN2O2S. The van der Waals surface area contributed by atoms with Crippen LogP contribution in [-0.2, 0) is 16.6 Å². The highest BCUT2D eigenvalue weighted by atomic mass is 127. The first-order chi connectivity index (χ1) is 9.16. The van der Waals surface area contributed by atoms with Crippen molar-refractivity contribution in [2.45, 2.75) is 37.1 Å². The molecule has 0 saturated carbocycles. The Kier molecular flexibility index (Phi) is 5.61. The summed E-state index contributed by atoms with van der Waals surface area (Å²) in [5, 5.41) is 0. The lowest BCUT2D eigenvalue weighted by molar-refractivity contribution is 0.423. The fourth-order valence-electron chi connectivity index (χ4n) is 2.39. The first-order valence-electron chi connectivity index (χ1n) is 6.58. The molecule has 0 aromatic heterocycles. The molecule has 1 fully saturated rings. The average Bonchev–Trinajstić information content (AvgIpc) is 2.69. The minimum atomic E-state index is -3.35. The molecule has 2 rings (SSSR count). The van der Waals surface area contributed by atoms with Crippen LogP contribution in [0.4, 0.5) is 0 Å². The van der Waals surface area contributed by atoms with Gasteiger partial charge < -0.3 is 0 Å². The van der Waals surface area contributed by atoms with Gasteiger partial charge in [0.2, 0.25) is 10.0 Å². The summed E-state index contributed by atoms with van der Waals surface area (Å²) in [4.78, 5) is 0.445. The second-order valence-electron chi connectivity index (χ2n) is 4.74. The number of halogens is 1. The molecule has 106 valence electrons. The van der Waals surface area contributed by atoms with Gasteiger partial charge in [0.05, 0.1) is 4.90 Å². The van der Waals surface area contributed by atoms with E-state index in [0.29, 0.717) is 24.5 Å². The first-order valence-corrected chi connectivity index (χ1v) is 9.09. The smallest absolute Gasteiger partial charge is 0.243 e. The summed E-state index contributed by atoms with van der Waals surface area (Å²) in [5.74, 6) is 0. The summed E-state index contributed by atoms with van der Waals surface area (Å²) in [6, 6.07) is 7.26. The van der Waals surface area contributed by atoms with Gasteiger partial charge in [-0.05, 0) is 24.5 Å². The van der Waals surface area contributed by atoms with Gasteiger partial charge in [0.25, 0.3) is 0 Å². The summed E-state index contributed by atoms with van der Waals surface area (Å²) < 4.78 is 30.1. The topological polar surface area (TPSA) is 49.4 Å². The van der Waals surface area contributed by atoms with Crippen LogP contribution in [0.5, 0.6) is 0 Å². The number of nitrogens with zero attached hydrogens (tertiary/aromatic N) is 1. The maximum absolute atomic E-state index is 12.7. The Bertz CT molecular complexity index is 511. The number of sulfonamides is 1. The van der Waals surface area contributed by atoms with Crippen LogP contribution in [-0.4, -0.2) is 25.8 Å². The molecule has 0 bridgehead atoms. The van der Waals surface area contributed by atoms with Crippen molar-refractivity contribution in [1.82, 2.24) is 7.84 Å². The number of rotatable bonds is 4. The second kappa shape index (κ2) is 7.01. The van der Waals surface area contributed by atoms with Crippen molar-refractivity contribution in [3.8, 4) is 0 Å². The molecule has 0 atom stereocenters. The Hall–Kier alpha value is -0.180. The van der Waals surface area contributed by atoms with Crippen LogP contribution in [0.15, 0.2) is 29.2 Å². The fourth-order valence-corrected chi connectivity index (χ4v) is 4.54. The van der Waals surface area contributed by atoms with Crippen molar-refractivity contribution in [3.05, 3.63) is 29.8 Å². The maximum atomic E-state index is 12.7. The molecule has 19 heavy (non-hydrogen) atoms. The molecule has 6 heteroatoms. The Balaban J connectivity index is 2.32. The van der Waals surface area contributed by atoms with E-state index >= 15 is 0 Å². The van der Waals surface area contributed by atoms with Crippen molar-refractivity contribution in [2.24, 2.45) is 0 Å². The predicted octanol–water partition coefficient (Wildman–Crippen LogP) is 2.69. The van der Waals surface area contributed by atoms with Crippen LogP contribution in [0.1, 0.15) is 31.2 Å². The van der Waals surface area contributed by atoms with Crippen LogP contribution < -0.4 is 3.53 Å². The molecule has 1 saturated heterocycles. The van der Waals surface area contributed by atoms with Gasteiger partial charge in [-0.3, -0.25) is 3.53 Å². The van der Waals surface area contributed by atoms with E-state index in [-0.39, 0.29) is 0 Å². The van der Waals surface area contributed by atoms with Crippen LogP contribution in [0, 0.1) is 0 Å². The van der Waals surface area contributed by atoms with Crippen molar-refractivity contribution in [3.63, 3.8) is 0 Å². The molecule has 1 aromatic rings. The summed E-state index contributed by atoms with van der Waals surface area (Å²) in [6.45, 7) is 1.85. The van der Waals surface area contributed by atoms with E-state index in [1.54, 1.807) is 16.4 Å². The molecular weight excluding hydrogens is 375 g/mol. The van der Waals surface area contributed by atoms with Gasteiger partial charge in [0.15, 0.2) is 0 Å². The van der Waals surface area contributed by atoms with E-state index in [9.17, 15) is 8.42 Å². The highest BCUT2D eigenvalue weighted by Gasteiger charge is 2.26. The Morgan fingerprint density at radius 2 is 1.74 bits per heavy atom. The van der Waals surface area contributed by atoms with Gasteiger partial charge in [-0.15, -0.1) is 0 Å². The number of hydrogen-bond acceptors (Lipinski definition) is 3. The van der Waals surface area contributed by atoms with E-state index in [0.717, 1.165) is 31.2 Å². The third-order valence-electron chi connectivity index (χ3n) is 3.41. The average molecular weight is 394 g/mol. The first kappa shape index (κ1) is 15.2. The van der Waals surface area contributed by atoms with E-state index in [1.807, 2.05) is 35.0 Å². The monoisotopic (exact) mass is 394 g/mol. The highest BCUT2D eigenvalue weighted by Crippen LogP contribution is 2.23. The molecule has 1 N–H and O–H groups in total. The van der Waals surface area contributed by atoms with Gasteiger partial charge >= 0.3 is 0 Å². The second-order valence-corrected chi connectivity index (χ2v) is 7.41. The van der Waals surface area contributed by atoms with Gasteiger partial charge in [0.1, 0.15) is 0 Å². The van der Waals surface area contributed by atoms with Crippen LogP contribution in [0.3, 0.4) is 0 Å². The van der Waals surface area contributed by atoms with Gasteiger partial charge in [-0.2, -0.15) is 4.31 Å². The van der Waals surface area contributed by atoms with Crippen molar-refractivity contribution < 1.29 is 8.42 Å². The van der Waals surface area contributed by atoms with Crippen LogP contribution in [0.2, 0.25) is 0 Å². The van der Waals surface area contributed by atoms with E-state index in [1.165, 1.54) is 0 Å². The molecule has 1 aromatic carbocycles. The lowest BCUT2D eigenvalue weighted by Gasteiger charge is -2.21. The van der Waals surface area contributed by atoms with Gasteiger partial charge in [-0.25, -0.2) is 8.42 Å². The predicted molar refractivity (Wildman–Crippen MR) is 84.5 cm³/mol. The lowest BCUT2D eigenvalue weighted by Crippen LogP contribution is -2.32. The highest BCUT2D eigenvalue weighted by molar-refractivity contribution is 14.1. The fraction of sp³-hybridized carbons (Fsp3) is 0.538. The zero-order valence-corrected chi connectivity index (χ0v) is 13.8. The molecule has 0 aliphatic carbocycles. The van der Waals surface area contributed by atoms with E-state index in [4.69, 9.17) is 0 Å². The zero-order valence-electron chi connectivity index (χ0n) is 10.8. The molecule has 1 heterocycles. The summed E-state index contributed by atoms with van der Waals surface area (Å²) in [5.41, 5.74) is 0.834. The largest absolute Gasteiger partial charge is 0.257 e. The summed E-state index contributed by atoms with van der Waals surface area (Å²) >= 11 is 2.04. The Morgan fingerprint density at radius 3 is 2.37 bits per heavy atom. The minimum absolute atomic E-state index is 0.445. The quantitative estimate of drug-likeness (QED) is 0.631. The number of benzene rings is 1. The maximum Gasteiger partial charge on any atom is 0.243 e. The molecule has 0 amide bonds. The minimum Gasteiger partial charge on any atom is -0.257 e. The third kappa shape index (κ3) is 3.68. The van der Waals surface area contributed by atoms with Crippen molar-refractivity contribution >= 4 is 32.9 Å². The number of hydrogen-bond donors (Lipinski definition) is 1.